The van der Waals surface area contributed by atoms with E-state index >= 15 is 0 Å². The lowest BCUT2D eigenvalue weighted by Crippen LogP contribution is -2.15. The quantitative estimate of drug-likeness (QED) is 0.0492. The lowest BCUT2D eigenvalue weighted by Gasteiger charge is -2.08. The molecule has 16 heteroatoms. The molecule has 0 aromatic heterocycles. The molecule has 0 saturated heterocycles. The minimum Gasteiger partial charge on any atom is -0.460 e. The van der Waals surface area contributed by atoms with Gasteiger partial charge < -0.3 is 38.6 Å². The van der Waals surface area contributed by atoms with Crippen molar-refractivity contribution in [2.45, 2.75) is 0 Å². The third-order valence-corrected chi connectivity index (χ3v) is 7.70. The Hall–Kier alpha value is -7.20. The first-order chi connectivity index (χ1) is 29.5. The van der Waals surface area contributed by atoms with Crippen molar-refractivity contribution in [3.05, 3.63) is 178 Å². The third kappa shape index (κ3) is 18.1. The van der Waals surface area contributed by atoms with Gasteiger partial charge in [-0.15, -0.1) is 0 Å². The highest BCUT2D eigenvalue weighted by Crippen LogP contribution is 2.10. The number of carbonyl (C=O) groups is 7. The van der Waals surface area contributed by atoms with Gasteiger partial charge >= 0.3 is 35.8 Å². The SMILES string of the molecule is O=C(Cl)c1ccccc1.O=C(OCCO)c1ccc(C(=O)OCCO)cc1.O=C(OCCOC(=O)c1ccc(C(=O)OCCOC(=O)c2ccccc2)cc1)c1ccccc1. The second-order valence-corrected chi connectivity index (χ2v) is 12.1. The van der Waals surface area contributed by atoms with E-state index in [9.17, 15) is 33.6 Å². The van der Waals surface area contributed by atoms with Gasteiger partial charge in [-0.25, -0.2) is 28.8 Å². The summed E-state index contributed by atoms with van der Waals surface area (Å²) in [6, 6.07) is 37.1. The molecular formula is C45H41ClO15. The van der Waals surface area contributed by atoms with E-state index in [0.29, 0.717) is 16.7 Å². The zero-order valence-corrected chi connectivity index (χ0v) is 33.3. The minimum absolute atomic E-state index is 0.0703. The van der Waals surface area contributed by atoms with Crippen LogP contribution < -0.4 is 0 Å². The zero-order chi connectivity index (χ0) is 44.2. The largest absolute Gasteiger partial charge is 0.460 e. The van der Waals surface area contributed by atoms with Gasteiger partial charge in [0.1, 0.15) is 39.6 Å². The van der Waals surface area contributed by atoms with Crippen molar-refractivity contribution in [1.82, 2.24) is 0 Å². The highest BCUT2D eigenvalue weighted by molar-refractivity contribution is 6.67. The molecule has 0 fully saturated rings. The Morgan fingerprint density at radius 2 is 0.508 bits per heavy atom. The van der Waals surface area contributed by atoms with Crippen LogP contribution >= 0.6 is 11.6 Å². The van der Waals surface area contributed by atoms with Gasteiger partial charge in [-0.1, -0.05) is 66.7 Å². The first-order valence-corrected chi connectivity index (χ1v) is 18.7. The van der Waals surface area contributed by atoms with E-state index in [0.717, 1.165) is 0 Å². The Morgan fingerprint density at radius 1 is 0.311 bits per heavy atom. The van der Waals surface area contributed by atoms with Gasteiger partial charge in [-0.3, -0.25) is 4.79 Å². The van der Waals surface area contributed by atoms with Crippen LogP contribution in [-0.2, 0) is 28.4 Å². The van der Waals surface area contributed by atoms with E-state index in [1.807, 2.05) is 6.07 Å². The molecule has 0 bridgehead atoms. The highest BCUT2D eigenvalue weighted by Gasteiger charge is 2.14. The number of ether oxygens (including phenoxy) is 6. The number of rotatable bonds is 17. The summed E-state index contributed by atoms with van der Waals surface area (Å²) in [6.07, 6.45) is 0. The number of hydrogen-bond donors (Lipinski definition) is 2. The molecule has 0 saturated carbocycles. The van der Waals surface area contributed by atoms with Crippen LogP contribution in [0.1, 0.15) is 72.5 Å². The first kappa shape index (κ1) is 48.2. The standard InChI is InChI=1S/C26H22O8.C12H14O6.C7H5ClO/c27-23(19-7-3-1-4-8-19)31-15-17-33-25(29)21-11-13-22(14-12-21)26(30)34-18-16-32-24(28)20-9-5-2-6-10-20;13-5-7-17-11(15)9-1-2-10(4-3-9)12(16)18-8-6-14;8-7(9)6-4-2-1-3-5-6/h1-14H,15-18H2;1-4,13-14H,5-8H2;1-5H. The van der Waals surface area contributed by atoms with E-state index in [1.54, 1.807) is 84.9 Å². The maximum absolute atomic E-state index is 12.1. The molecule has 2 N–H and O–H groups in total. The molecule has 0 unspecified atom stereocenters. The summed E-state index contributed by atoms with van der Waals surface area (Å²) in [5.41, 5.74) is 2.37. The van der Waals surface area contributed by atoms with E-state index in [2.05, 4.69) is 0 Å². The van der Waals surface area contributed by atoms with Crippen LogP contribution in [0.15, 0.2) is 140 Å². The Morgan fingerprint density at radius 3 is 0.705 bits per heavy atom. The van der Waals surface area contributed by atoms with Gasteiger partial charge in [0.15, 0.2) is 0 Å². The molecule has 0 spiro atoms. The molecule has 0 radical (unpaired) electrons. The fourth-order valence-corrected chi connectivity index (χ4v) is 4.64. The van der Waals surface area contributed by atoms with Crippen molar-refractivity contribution in [3.63, 3.8) is 0 Å². The number of aliphatic hydroxyl groups excluding tert-OH is 2. The van der Waals surface area contributed by atoms with Crippen molar-refractivity contribution < 1.29 is 72.2 Å². The molecule has 0 aliphatic heterocycles. The predicted molar refractivity (Wildman–Crippen MR) is 218 cm³/mol. The molecule has 5 rings (SSSR count). The molecule has 0 aliphatic carbocycles. The molecule has 61 heavy (non-hydrogen) atoms. The molecule has 0 aliphatic rings. The normalized spacial score (nSPS) is 9.89. The van der Waals surface area contributed by atoms with Crippen LogP contribution in [0.5, 0.6) is 0 Å². The van der Waals surface area contributed by atoms with Crippen molar-refractivity contribution in [2.24, 2.45) is 0 Å². The number of hydrogen-bond acceptors (Lipinski definition) is 15. The predicted octanol–water partition coefficient (Wildman–Crippen LogP) is 5.76. The van der Waals surface area contributed by atoms with E-state index in [-0.39, 0.29) is 75.1 Å². The Labute approximate surface area is 355 Å². The highest BCUT2D eigenvalue weighted by atomic mass is 35.5. The molecule has 0 heterocycles. The van der Waals surface area contributed by atoms with Gasteiger partial charge in [-0.2, -0.15) is 0 Å². The average Bonchev–Trinajstić information content (AvgIpc) is 3.31. The summed E-state index contributed by atoms with van der Waals surface area (Å²) < 4.78 is 29.6. The lowest BCUT2D eigenvalue weighted by atomic mass is 10.1. The summed E-state index contributed by atoms with van der Waals surface area (Å²) in [4.78, 5) is 81.0. The van der Waals surface area contributed by atoms with Crippen LogP contribution in [0.3, 0.4) is 0 Å². The summed E-state index contributed by atoms with van der Waals surface area (Å²) >= 11 is 5.16. The van der Waals surface area contributed by atoms with E-state index in [1.165, 1.54) is 48.5 Å². The topological polar surface area (TPSA) is 215 Å². The molecule has 5 aromatic carbocycles. The number of halogens is 1. The van der Waals surface area contributed by atoms with Gasteiger partial charge in [-0.05, 0) is 84.4 Å². The summed E-state index contributed by atoms with van der Waals surface area (Å²) in [5, 5.41) is 16.6. The monoisotopic (exact) mass is 856 g/mol. The second-order valence-electron chi connectivity index (χ2n) is 11.8. The van der Waals surface area contributed by atoms with Crippen molar-refractivity contribution in [3.8, 4) is 0 Å². The van der Waals surface area contributed by atoms with Crippen LogP contribution in [0.4, 0.5) is 0 Å². The molecule has 5 aromatic rings. The molecule has 15 nitrogen and oxygen atoms in total. The number of carbonyl (C=O) groups excluding carboxylic acids is 7. The van der Waals surface area contributed by atoms with Crippen molar-refractivity contribution in [2.75, 3.05) is 52.9 Å². The summed E-state index contributed by atoms with van der Waals surface area (Å²) in [7, 11) is 0. The van der Waals surface area contributed by atoms with Gasteiger partial charge in [0.2, 0.25) is 0 Å². The third-order valence-electron chi connectivity index (χ3n) is 7.48. The first-order valence-electron chi connectivity index (χ1n) is 18.3. The van der Waals surface area contributed by atoms with E-state index < -0.39 is 41.1 Å². The average molecular weight is 857 g/mol. The lowest BCUT2D eigenvalue weighted by molar-refractivity contribution is 0.0263. The maximum Gasteiger partial charge on any atom is 0.338 e. The second kappa shape index (κ2) is 27.5. The Kier molecular flexibility index (Phi) is 21.7. The van der Waals surface area contributed by atoms with Crippen LogP contribution in [-0.4, -0.2) is 104 Å². The zero-order valence-electron chi connectivity index (χ0n) is 32.5. The Balaban J connectivity index is 0.000000303. The smallest absolute Gasteiger partial charge is 0.338 e. The number of benzene rings is 5. The molecule has 318 valence electrons. The van der Waals surface area contributed by atoms with Gasteiger partial charge in [0.05, 0.1) is 46.6 Å². The summed E-state index contributed by atoms with van der Waals surface area (Å²) in [6.45, 7) is -1.00. The van der Waals surface area contributed by atoms with Gasteiger partial charge in [0, 0.05) is 5.56 Å². The van der Waals surface area contributed by atoms with Crippen molar-refractivity contribution >= 4 is 52.7 Å². The molecule has 0 amide bonds. The molecular weight excluding hydrogens is 816 g/mol. The maximum atomic E-state index is 12.1. The van der Waals surface area contributed by atoms with Crippen LogP contribution in [0.2, 0.25) is 0 Å². The fourth-order valence-electron chi connectivity index (χ4n) is 4.52. The van der Waals surface area contributed by atoms with Crippen LogP contribution in [0, 0.1) is 0 Å². The van der Waals surface area contributed by atoms with Crippen LogP contribution in [0.25, 0.3) is 0 Å². The summed E-state index contributed by atoms with van der Waals surface area (Å²) in [5.74, 6) is -3.39. The Bertz CT molecular complexity index is 2010. The van der Waals surface area contributed by atoms with Crippen molar-refractivity contribution in [1.29, 1.82) is 0 Å². The number of aliphatic hydroxyl groups is 2. The van der Waals surface area contributed by atoms with E-state index in [4.69, 9.17) is 50.2 Å². The fraction of sp³-hybridized carbons (Fsp3) is 0.178. The van der Waals surface area contributed by atoms with Gasteiger partial charge in [0.25, 0.3) is 5.24 Å². The number of esters is 6. The molecule has 0 atom stereocenters. The minimum atomic E-state index is -0.622.